The molecule has 0 fully saturated rings. The van der Waals surface area contributed by atoms with Crippen LogP contribution in [0.4, 0.5) is 4.39 Å². The zero-order valence-corrected chi connectivity index (χ0v) is 15.3. The van der Waals surface area contributed by atoms with Gasteiger partial charge in [-0.2, -0.15) is 4.80 Å². The second-order valence-electron chi connectivity index (χ2n) is 6.14. The first kappa shape index (κ1) is 18.5. The fourth-order valence-electron chi connectivity index (χ4n) is 2.73. The summed E-state index contributed by atoms with van der Waals surface area (Å²) >= 11 is 0. The number of nitrogens with one attached hydrogen (secondary N) is 1. The first-order valence-corrected chi connectivity index (χ1v) is 8.44. The number of methoxy groups -OCH3 is 1. The number of para-hydroxylation sites is 1. The van der Waals surface area contributed by atoms with E-state index in [1.165, 1.54) is 10.9 Å². The summed E-state index contributed by atoms with van der Waals surface area (Å²) in [5, 5.41) is 14.9. The van der Waals surface area contributed by atoms with Gasteiger partial charge in [-0.25, -0.2) is 4.39 Å². The molecule has 0 saturated heterocycles. The molecule has 0 aliphatic heterocycles. The number of carbonyl (C=O) groups excluding carboxylic acids is 1. The molecule has 1 heterocycles. The summed E-state index contributed by atoms with van der Waals surface area (Å²) in [6.07, 6.45) is 0. The van der Waals surface area contributed by atoms with Gasteiger partial charge in [0.1, 0.15) is 18.1 Å². The van der Waals surface area contributed by atoms with Crippen LogP contribution in [-0.4, -0.2) is 33.2 Å². The molecule has 0 bridgehead atoms. The van der Waals surface area contributed by atoms with Gasteiger partial charge in [0.2, 0.25) is 11.7 Å². The Labute approximate surface area is 156 Å². The van der Waals surface area contributed by atoms with Gasteiger partial charge in [-0.05, 0) is 48.9 Å². The van der Waals surface area contributed by atoms with Crippen LogP contribution in [0.3, 0.4) is 0 Å². The quantitative estimate of drug-likeness (QED) is 0.722. The van der Waals surface area contributed by atoms with Crippen LogP contribution in [0, 0.1) is 12.7 Å². The van der Waals surface area contributed by atoms with E-state index >= 15 is 0 Å². The largest absolute Gasteiger partial charge is 0.496 e. The Morgan fingerprint density at radius 2 is 2.07 bits per heavy atom. The van der Waals surface area contributed by atoms with Crippen LogP contribution >= 0.6 is 0 Å². The van der Waals surface area contributed by atoms with E-state index < -0.39 is 0 Å². The lowest BCUT2D eigenvalue weighted by Gasteiger charge is -2.16. The first-order chi connectivity index (χ1) is 13.0. The monoisotopic (exact) mass is 369 g/mol. The molecule has 3 rings (SSSR count). The number of ether oxygens (including phenoxy) is 1. The summed E-state index contributed by atoms with van der Waals surface area (Å²) < 4.78 is 18.7. The average molecular weight is 369 g/mol. The van der Waals surface area contributed by atoms with E-state index in [2.05, 4.69) is 20.7 Å². The summed E-state index contributed by atoms with van der Waals surface area (Å²) in [5.41, 5.74) is 2.01. The molecule has 3 aromatic rings. The fourth-order valence-corrected chi connectivity index (χ4v) is 2.73. The highest BCUT2D eigenvalue weighted by molar-refractivity contribution is 5.76. The molecule has 1 N–H and O–H groups in total. The smallest absolute Gasteiger partial charge is 0.244 e. The lowest BCUT2D eigenvalue weighted by molar-refractivity contribution is -0.122. The number of hydrogen-bond donors (Lipinski definition) is 1. The van der Waals surface area contributed by atoms with Crippen molar-refractivity contribution in [2.75, 3.05) is 7.11 Å². The Hall–Kier alpha value is -3.29. The van der Waals surface area contributed by atoms with Gasteiger partial charge in [0, 0.05) is 11.1 Å². The highest BCUT2D eigenvalue weighted by Gasteiger charge is 2.15. The third kappa shape index (κ3) is 4.28. The molecule has 8 heteroatoms. The van der Waals surface area contributed by atoms with Crippen LogP contribution in [0.2, 0.25) is 0 Å². The minimum Gasteiger partial charge on any atom is -0.496 e. The molecule has 7 nitrogen and oxygen atoms in total. The van der Waals surface area contributed by atoms with Gasteiger partial charge in [0.25, 0.3) is 0 Å². The third-order valence-corrected chi connectivity index (χ3v) is 4.14. The molecule has 0 aliphatic carbocycles. The van der Waals surface area contributed by atoms with Crippen molar-refractivity contribution in [3.63, 3.8) is 0 Å². The summed E-state index contributed by atoms with van der Waals surface area (Å²) in [6.45, 7) is 3.46. The normalized spacial score (nSPS) is 11.9. The Bertz CT molecular complexity index is 957. The SMILES string of the molecule is COc1ccccc1[C@@H](C)NC(=O)Cn1nnc(-c2ccc(F)c(C)c2)n1. The van der Waals surface area contributed by atoms with Crippen molar-refractivity contribution in [2.24, 2.45) is 0 Å². The fraction of sp³-hybridized carbons (Fsp3) is 0.263. The maximum absolute atomic E-state index is 13.4. The van der Waals surface area contributed by atoms with E-state index in [9.17, 15) is 9.18 Å². The first-order valence-electron chi connectivity index (χ1n) is 8.44. The second kappa shape index (κ2) is 7.94. The van der Waals surface area contributed by atoms with Gasteiger partial charge in [-0.1, -0.05) is 18.2 Å². The van der Waals surface area contributed by atoms with E-state index in [1.807, 2.05) is 31.2 Å². The van der Waals surface area contributed by atoms with Crippen molar-refractivity contribution in [3.05, 3.63) is 59.4 Å². The Kier molecular flexibility index (Phi) is 5.44. The molecule has 2 aromatic carbocycles. The molecule has 1 aromatic heterocycles. The van der Waals surface area contributed by atoms with Crippen LogP contribution < -0.4 is 10.1 Å². The molecule has 0 saturated carbocycles. The topological polar surface area (TPSA) is 81.9 Å². The van der Waals surface area contributed by atoms with Crippen molar-refractivity contribution in [3.8, 4) is 17.1 Å². The van der Waals surface area contributed by atoms with Crippen molar-refractivity contribution in [1.82, 2.24) is 25.5 Å². The molecule has 140 valence electrons. The number of amides is 1. The average Bonchev–Trinajstić information content (AvgIpc) is 3.12. The molecule has 27 heavy (non-hydrogen) atoms. The van der Waals surface area contributed by atoms with Gasteiger partial charge < -0.3 is 10.1 Å². The number of nitrogens with zero attached hydrogens (tertiary/aromatic N) is 4. The van der Waals surface area contributed by atoms with E-state index in [1.54, 1.807) is 26.2 Å². The number of halogens is 1. The van der Waals surface area contributed by atoms with Gasteiger partial charge in [0.05, 0.1) is 13.2 Å². The molecule has 0 aliphatic rings. The Balaban J connectivity index is 1.66. The standard InChI is InChI=1S/C19H20FN5O2/c1-12-10-14(8-9-16(12)20)19-22-24-25(23-19)11-18(26)21-13(2)15-6-4-5-7-17(15)27-3/h4-10,13H,11H2,1-3H3,(H,21,26)/t13-/m1/s1. The van der Waals surface area contributed by atoms with E-state index in [0.717, 1.165) is 5.56 Å². The molecule has 0 spiro atoms. The van der Waals surface area contributed by atoms with E-state index in [0.29, 0.717) is 22.7 Å². The molecule has 0 radical (unpaired) electrons. The van der Waals surface area contributed by atoms with Crippen molar-refractivity contribution >= 4 is 5.91 Å². The lowest BCUT2D eigenvalue weighted by Crippen LogP contribution is -2.31. The van der Waals surface area contributed by atoms with Gasteiger partial charge in [0.15, 0.2) is 0 Å². The second-order valence-corrected chi connectivity index (χ2v) is 6.14. The maximum Gasteiger partial charge on any atom is 0.244 e. The number of rotatable bonds is 6. The molecule has 1 atom stereocenters. The van der Waals surface area contributed by atoms with Gasteiger partial charge in [-0.15, -0.1) is 10.2 Å². The van der Waals surface area contributed by atoms with E-state index in [4.69, 9.17) is 4.74 Å². The number of carbonyl (C=O) groups is 1. The van der Waals surface area contributed by atoms with Crippen LogP contribution in [0.1, 0.15) is 24.1 Å². The van der Waals surface area contributed by atoms with Crippen LogP contribution in [0.25, 0.3) is 11.4 Å². The predicted molar refractivity (Wildman–Crippen MR) is 97.5 cm³/mol. The summed E-state index contributed by atoms with van der Waals surface area (Å²) in [7, 11) is 1.59. The van der Waals surface area contributed by atoms with Gasteiger partial charge in [-0.3, -0.25) is 4.79 Å². The van der Waals surface area contributed by atoms with E-state index in [-0.39, 0.29) is 24.3 Å². The Morgan fingerprint density at radius 1 is 1.30 bits per heavy atom. The van der Waals surface area contributed by atoms with Gasteiger partial charge >= 0.3 is 0 Å². The van der Waals surface area contributed by atoms with Crippen LogP contribution in [-0.2, 0) is 11.3 Å². The van der Waals surface area contributed by atoms with Crippen molar-refractivity contribution in [2.45, 2.75) is 26.4 Å². The van der Waals surface area contributed by atoms with Crippen molar-refractivity contribution < 1.29 is 13.9 Å². The highest BCUT2D eigenvalue weighted by atomic mass is 19.1. The molecule has 0 unspecified atom stereocenters. The number of aromatic nitrogens is 4. The minimum atomic E-state index is -0.296. The third-order valence-electron chi connectivity index (χ3n) is 4.14. The summed E-state index contributed by atoms with van der Waals surface area (Å²) in [6, 6.07) is 11.8. The number of tetrazole rings is 1. The number of benzene rings is 2. The van der Waals surface area contributed by atoms with Crippen LogP contribution in [0.15, 0.2) is 42.5 Å². The summed E-state index contributed by atoms with van der Waals surface area (Å²) in [5.74, 6) is 0.491. The Morgan fingerprint density at radius 3 is 2.81 bits per heavy atom. The predicted octanol–water partition coefficient (Wildman–Crippen LogP) is 2.67. The maximum atomic E-state index is 13.4. The van der Waals surface area contributed by atoms with Crippen LogP contribution in [0.5, 0.6) is 5.75 Å². The lowest BCUT2D eigenvalue weighted by atomic mass is 10.1. The highest BCUT2D eigenvalue weighted by Crippen LogP contribution is 2.24. The molecular weight excluding hydrogens is 349 g/mol. The number of aryl methyl sites for hydroxylation is 1. The number of hydrogen-bond acceptors (Lipinski definition) is 5. The van der Waals surface area contributed by atoms with Crippen molar-refractivity contribution in [1.29, 1.82) is 0 Å². The zero-order chi connectivity index (χ0) is 19.4. The molecular formula is C19H20FN5O2. The zero-order valence-electron chi connectivity index (χ0n) is 15.3. The molecule has 1 amide bonds. The minimum absolute atomic E-state index is 0.0767. The summed E-state index contributed by atoms with van der Waals surface area (Å²) in [4.78, 5) is 13.5.